The zero-order valence-electron chi connectivity index (χ0n) is 21.1. The van der Waals surface area contributed by atoms with Gasteiger partial charge in [0.05, 0.1) is 48.1 Å². The predicted octanol–water partition coefficient (Wildman–Crippen LogP) is 2.57. The second-order valence-electron chi connectivity index (χ2n) is 11.4. The van der Waals surface area contributed by atoms with Crippen molar-refractivity contribution in [2.24, 2.45) is 23.2 Å². The normalized spacial score (nSPS) is 31.8. The first kappa shape index (κ1) is 25.5. The maximum atomic E-state index is 13.5. The highest BCUT2D eigenvalue weighted by atomic mass is 32.2. The maximum Gasteiger partial charge on any atom is 0.243 e. The van der Waals surface area contributed by atoms with E-state index in [1.165, 1.54) is 23.6 Å². The van der Waals surface area contributed by atoms with Crippen LogP contribution < -0.4 is 15.5 Å². The number of morpholine rings is 2. The van der Waals surface area contributed by atoms with Crippen LogP contribution in [-0.4, -0.2) is 76.3 Å². The summed E-state index contributed by atoms with van der Waals surface area (Å²) in [6.45, 7) is 4.01. The lowest BCUT2D eigenvalue weighted by Gasteiger charge is -2.55. The smallest absolute Gasteiger partial charge is 0.243 e. The number of nitrogens with one attached hydrogen (secondary N) is 2. The zero-order chi connectivity index (χ0) is 25.6. The van der Waals surface area contributed by atoms with Crippen LogP contribution in [0.1, 0.15) is 38.5 Å². The van der Waals surface area contributed by atoms with E-state index in [1.807, 2.05) is 6.07 Å². The number of nitrogens with zero attached hydrogens (tertiary/aromatic N) is 2. The van der Waals surface area contributed by atoms with E-state index >= 15 is 0 Å². The number of benzene rings is 1. The average molecular weight is 549 g/mol. The highest BCUT2D eigenvalue weighted by Gasteiger charge is 2.54. The van der Waals surface area contributed by atoms with Crippen molar-refractivity contribution in [2.75, 3.05) is 62.8 Å². The van der Waals surface area contributed by atoms with Crippen molar-refractivity contribution in [3.05, 3.63) is 18.2 Å². The first-order chi connectivity index (χ1) is 17.8. The number of thiocarbonyl (C=S) groups is 1. The molecule has 6 fully saturated rings. The van der Waals surface area contributed by atoms with Crippen LogP contribution >= 0.6 is 12.2 Å². The Morgan fingerprint density at radius 2 is 1.49 bits per heavy atom. The van der Waals surface area contributed by atoms with E-state index in [4.69, 9.17) is 21.7 Å². The molecule has 0 unspecified atom stereocenters. The Hall–Kier alpha value is -1.79. The molecule has 2 heterocycles. The minimum Gasteiger partial charge on any atom is -0.379 e. The van der Waals surface area contributed by atoms with Gasteiger partial charge in [0, 0.05) is 26.2 Å². The summed E-state index contributed by atoms with van der Waals surface area (Å²) in [5, 5.41) is 6.41. The van der Waals surface area contributed by atoms with Crippen molar-refractivity contribution in [1.82, 2.24) is 9.62 Å². The molecule has 0 spiro atoms. The molecule has 4 saturated carbocycles. The molecular weight excluding hydrogens is 512 g/mol. The van der Waals surface area contributed by atoms with Gasteiger partial charge in [0.1, 0.15) is 0 Å². The van der Waals surface area contributed by atoms with E-state index in [9.17, 15) is 13.2 Å². The molecule has 0 aromatic heterocycles. The highest BCUT2D eigenvalue weighted by molar-refractivity contribution is 7.89. The third-order valence-corrected chi connectivity index (χ3v) is 11.0. The minimum atomic E-state index is -3.68. The molecule has 1 amide bonds. The van der Waals surface area contributed by atoms with Crippen molar-refractivity contribution in [3.8, 4) is 0 Å². The largest absolute Gasteiger partial charge is 0.379 e. The molecule has 0 atom stereocenters. The molecule has 37 heavy (non-hydrogen) atoms. The van der Waals surface area contributed by atoms with Gasteiger partial charge in [0.2, 0.25) is 15.9 Å². The first-order valence-electron chi connectivity index (χ1n) is 13.5. The fourth-order valence-corrected chi connectivity index (χ4v) is 9.21. The molecule has 2 saturated heterocycles. The Labute approximate surface area is 224 Å². The number of carbonyl (C=O) groups excluding carboxylic acids is 1. The van der Waals surface area contributed by atoms with E-state index in [-0.39, 0.29) is 21.3 Å². The van der Waals surface area contributed by atoms with Gasteiger partial charge in [0.15, 0.2) is 5.11 Å². The maximum absolute atomic E-state index is 13.5. The molecule has 6 aliphatic rings. The molecule has 1 aromatic carbocycles. The molecule has 11 heteroatoms. The van der Waals surface area contributed by atoms with Gasteiger partial charge in [-0.1, -0.05) is 0 Å². The van der Waals surface area contributed by atoms with Crippen LogP contribution in [0.15, 0.2) is 23.1 Å². The van der Waals surface area contributed by atoms with Gasteiger partial charge in [-0.15, -0.1) is 0 Å². The van der Waals surface area contributed by atoms with Gasteiger partial charge in [-0.05, 0) is 86.7 Å². The van der Waals surface area contributed by atoms with Crippen LogP contribution in [0.4, 0.5) is 11.4 Å². The molecule has 4 bridgehead atoms. The first-order valence-corrected chi connectivity index (χ1v) is 15.3. The summed E-state index contributed by atoms with van der Waals surface area (Å²) >= 11 is 5.63. The van der Waals surface area contributed by atoms with Crippen LogP contribution in [0.3, 0.4) is 0 Å². The summed E-state index contributed by atoms with van der Waals surface area (Å²) in [5.74, 6) is 2.00. The van der Waals surface area contributed by atoms with E-state index in [2.05, 4.69) is 15.5 Å². The zero-order valence-corrected chi connectivity index (χ0v) is 22.7. The van der Waals surface area contributed by atoms with Crippen LogP contribution in [0.25, 0.3) is 0 Å². The standard InChI is InChI=1S/C26H36N4O5S2/c31-24(26-15-18-11-19(16-26)13-20(12-18)17-26)28-25(36)27-22-14-21(37(32,33)30-5-9-35-10-6-30)1-2-23(22)29-3-7-34-8-4-29/h1-2,14,18-20H,3-13,15-17H2,(H2,27,28,31,36). The fraction of sp³-hybridized carbons (Fsp3) is 0.692. The Kier molecular flexibility index (Phi) is 6.94. The average Bonchev–Trinajstić information content (AvgIpc) is 2.89. The quantitative estimate of drug-likeness (QED) is 0.542. The Bertz CT molecular complexity index is 1130. The van der Waals surface area contributed by atoms with E-state index in [1.54, 1.807) is 12.1 Å². The lowest BCUT2D eigenvalue weighted by atomic mass is 9.49. The molecule has 7 rings (SSSR count). The van der Waals surface area contributed by atoms with Gasteiger partial charge in [0.25, 0.3) is 0 Å². The monoisotopic (exact) mass is 548 g/mol. The Morgan fingerprint density at radius 1 is 0.919 bits per heavy atom. The Morgan fingerprint density at radius 3 is 2.08 bits per heavy atom. The molecule has 202 valence electrons. The van der Waals surface area contributed by atoms with Crippen LogP contribution in [0.5, 0.6) is 0 Å². The lowest BCUT2D eigenvalue weighted by molar-refractivity contribution is -0.144. The molecule has 4 aliphatic carbocycles. The van der Waals surface area contributed by atoms with Gasteiger partial charge in [-0.3, -0.25) is 4.79 Å². The molecule has 0 radical (unpaired) electrons. The van der Waals surface area contributed by atoms with Crippen LogP contribution in [-0.2, 0) is 24.3 Å². The SMILES string of the molecule is O=C(NC(=S)Nc1cc(S(=O)(=O)N2CCOCC2)ccc1N1CCOCC1)C12CC3CC(CC(C3)C1)C2. The van der Waals surface area contributed by atoms with Crippen molar-refractivity contribution < 1.29 is 22.7 Å². The minimum absolute atomic E-state index is 0.0223. The summed E-state index contributed by atoms with van der Waals surface area (Å²) in [6.07, 6.45) is 6.67. The predicted molar refractivity (Wildman–Crippen MR) is 144 cm³/mol. The number of hydrogen-bond donors (Lipinski definition) is 2. The number of rotatable bonds is 5. The van der Waals surface area contributed by atoms with Crippen molar-refractivity contribution in [2.45, 2.75) is 43.4 Å². The topological polar surface area (TPSA) is 100 Å². The molecular formula is C26H36N4O5S2. The fourth-order valence-electron chi connectivity index (χ4n) is 7.57. The summed E-state index contributed by atoms with van der Waals surface area (Å²) in [5.41, 5.74) is 1.11. The van der Waals surface area contributed by atoms with Gasteiger partial charge in [-0.2, -0.15) is 4.31 Å². The summed E-state index contributed by atoms with van der Waals surface area (Å²) in [4.78, 5) is 15.9. The van der Waals surface area contributed by atoms with Crippen molar-refractivity contribution >= 4 is 44.6 Å². The summed E-state index contributed by atoms with van der Waals surface area (Å²) in [6, 6.07) is 5.11. The van der Waals surface area contributed by atoms with Crippen molar-refractivity contribution in [3.63, 3.8) is 0 Å². The van der Waals surface area contributed by atoms with Gasteiger partial charge in [-0.25, -0.2) is 8.42 Å². The van der Waals surface area contributed by atoms with E-state index < -0.39 is 10.0 Å². The summed E-state index contributed by atoms with van der Waals surface area (Å²) in [7, 11) is -3.68. The third kappa shape index (κ3) is 5.01. The highest BCUT2D eigenvalue weighted by Crippen LogP contribution is 2.60. The molecule has 2 N–H and O–H groups in total. The number of hydrogen-bond acceptors (Lipinski definition) is 7. The van der Waals surface area contributed by atoms with E-state index in [0.29, 0.717) is 76.0 Å². The van der Waals surface area contributed by atoms with Gasteiger partial charge < -0.3 is 25.0 Å². The lowest BCUT2D eigenvalue weighted by Crippen LogP contribution is -2.55. The summed E-state index contributed by atoms with van der Waals surface area (Å²) < 4.78 is 39.0. The number of anilines is 2. The molecule has 2 aliphatic heterocycles. The molecule has 9 nitrogen and oxygen atoms in total. The number of sulfonamides is 1. The molecule has 1 aromatic rings. The van der Waals surface area contributed by atoms with Crippen molar-refractivity contribution in [1.29, 1.82) is 0 Å². The number of amides is 1. The van der Waals surface area contributed by atoms with E-state index in [0.717, 1.165) is 24.9 Å². The third-order valence-electron chi connectivity index (χ3n) is 8.92. The van der Waals surface area contributed by atoms with Crippen LogP contribution in [0, 0.1) is 23.2 Å². The Balaban J connectivity index is 1.23. The second kappa shape index (κ2) is 10.1. The number of ether oxygens (including phenoxy) is 2. The second-order valence-corrected chi connectivity index (χ2v) is 13.7. The van der Waals surface area contributed by atoms with Crippen LogP contribution in [0.2, 0.25) is 0 Å². The number of carbonyl (C=O) groups is 1. The van der Waals surface area contributed by atoms with Gasteiger partial charge >= 0.3 is 0 Å².